The molecule has 2 aromatic carbocycles. The Bertz CT molecular complexity index is 714. The maximum atomic E-state index is 12.7. The van der Waals surface area contributed by atoms with E-state index in [2.05, 4.69) is 0 Å². The van der Waals surface area contributed by atoms with Crippen LogP contribution in [0, 0.1) is 0 Å². The zero-order chi connectivity index (χ0) is 17.7. The summed E-state index contributed by atoms with van der Waals surface area (Å²) in [5, 5.41) is 0.876. The molecule has 2 aromatic rings. The number of hydrogen-bond acceptors (Lipinski definition) is 3. The van der Waals surface area contributed by atoms with Gasteiger partial charge in [-0.1, -0.05) is 29.3 Å². The highest BCUT2D eigenvalue weighted by Crippen LogP contribution is 2.28. The number of rotatable bonds is 6. The number of carbonyl (C=O) groups excluding carboxylic acids is 1. The number of methoxy groups -OCH3 is 2. The molecule has 0 heterocycles. The summed E-state index contributed by atoms with van der Waals surface area (Å²) in [5.41, 5.74) is 1.41. The fourth-order valence-corrected chi connectivity index (χ4v) is 2.91. The summed E-state index contributed by atoms with van der Waals surface area (Å²) in [6.45, 7) is 2.92. The van der Waals surface area contributed by atoms with Gasteiger partial charge in [-0.3, -0.25) is 4.79 Å². The van der Waals surface area contributed by atoms with Gasteiger partial charge in [0.15, 0.2) is 11.5 Å². The first-order valence-electron chi connectivity index (χ1n) is 7.44. The zero-order valence-electron chi connectivity index (χ0n) is 13.8. The van der Waals surface area contributed by atoms with E-state index in [1.807, 2.05) is 25.1 Å². The molecule has 0 fully saturated rings. The van der Waals surface area contributed by atoms with Gasteiger partial charge in [0.25, 0.3) is 5.91 Å². The van der Waals surface area contributed by atoms with Gasteiger partial charge in [-0.2, -0.15) is 0 Å². The molecule has 0 aliphatic rings. The van der Waals surface area contributed by atoms with Crippen molar-refractivity contribution in [2.45, 2.75) is 13.5 Å². The number of benzene rings is 2. The second kappa shape index (κ2) is 8.27. The van der Waals surface area contributed by atoms with E-state index < -0.39 is 0 Å². The zero-order valence-corrected chi connectivity index (χ0v) is 15.3. The van der Waals surface area contributed by atoms with Crippen LogP contribution in [0.4, 0.5) is 0 Å². The summed E-state index contributed by atoms with van der Waals surface area (Å²) in [7, 11) is 3.17. The molecule has 4 nitrogen and oxygen atoms in total. The smallest absolute Gasteiger partial charge is 0.254 e. The fourth-order valence-electron chi connectivity index (χ4n) is 2.39. The van der Waals surface area contributed by atoms with Crippen LogP contribution >= 0.6 is 23.2 Å². The SMILES string of the molecule is CCN(Cc1ccc(OC)c(OC)c1)C(=O)c1cc(Cl)cc(Cl)c1. The first-order valence-corrected chi connectivity index (χ1v) is 8.20. The molecular weight excluding hydrogens is 349 g/mol. The summed E-state index contributed by atoms with van der Waals surface area (Å²) >= 11 is 12.0. The molecule has 0 atom stereocenters. The minimum atomic E-state index is -0.128. The number of halogens is 2. The third kappa shape index (κ3) is 4.34. The minimum absolute atomic E-state index is 0.128. The van der Waals surface area contributed by atoms with Crippen molar-refractivity contribution in [3.05, 3.63) is 57.6 Å². The Balaban J connectivity index is 2.24. The number of amides is 1. The Morgan fingerprint density at radius 2 is 1.62 bits per heavy atom. The molecule has 0 aliphatic carbocycles. The van der Waals surface area contributed by atoms with E-state index in [-0.39, 0.29) is 5.91 Å². The molecule has 24 heavy (non-hydrogen) atoms. The molecule has 0 N–H and O–H groups in total. The summed E-state index contributed by atoms with van der Waals surface area (Å²) in [5.74, 6) is 1.15. The van der Waals surface area contributed by atoms with Crippen LogP contribution in [0.5, 0.6) is 11.5 Å². The predicted octanol–water partition coefficient (Wildman–Crippen LogP) is 4.67. The van der Waals surface area contributed by atoms with Crippen LogP contribution in [0.25, 0.3) is 0 Å². The maximum absolute atomic E-state index is 12.7. The van der Waals surface area contributed by atoms with E-state index in [0.717, 1.165) is 5.56 Å². The van der Waals surface area contributed by atoms with Crippen LogP contribution in [0.3, 0.4) is 0 Å². The molecule has 1 amide bonds. The van der Waals surface area contributed by atoms with Crippen LogP contribution in [0.2, 0.25) is 10.0 Å². The lowest BCUT2D eigenvalue weighted by Gasteiger charge is -2.22. The van der Waals surface area contributed by atoms with Crippen molar-refractivity contribution in [2.75, 3.05) is 20.8 Å². The average Bonchev–Trinajstić information content (AvgIpc) is 2.57. The minimum Gasteiger partial charge on any atom is -0.493 e. The van der Waals surface area contributed by atoms with Gasteiger partial charge in [-0.15, -0.1) is 0 Å². The number of carbonyl (C=O) groups is 1. The van der Waals surface area contributed by atoms with Crippen LogP contribution in [-0.4, -0.2) is 31.6 Å². The fraction of sp³-hybridized carbons (Fsp3) is 0.278. The monoisotopic (exact) mass is 367 g/mol. The van der Waals surface area contributed by atoms with E-state index in [4.69, 9.17) is 32.7 Å². The van der Waals surface area contributed by atoms with Crippen molar-refractivity contribution in [1.82, 2.24) is 4.90 Å². The highest BCUT2D eigenvalue weighted by atomic mass is 35.5. The van der Waals surface area contributed by atoms with Crippen LogP contribution in [0.1, 0.15) is 22.8 Å². The number of nitrogens with zero attached hydrogens (tertiary/aromatic N) is 1. The van der Waals surface area contributed by atoms with Gasteiger partial charge in [0, 0.05) is 28.7 Å². The molecule has 0 unspecified atom stereocenters. The molecule has 0 aromatic heterocycles. The second-order valence-corrected chi connectivity index (χ2v) is 6.04. The van der Waals surface area contributed by atoms with E-state index >= 15 is 0 Å². The second-order valence-electron chi connectivity index (χ2n) is 5.17. The van der Waals surface area contributed by atoms with Crippen LogP contribution in [0.15, 0.2) is 36.4 Å². The Morgan fingerprint density at radius 3 is 2.17 bits per heavy atom. The molecule has 0 aliphatic heterocycles. The summed E-state index contributed by atoms with van der Waals surface area (Å²) in [6, 6.07) is 10.4. The standard InChI is InChI=1S/C18H19Cl2NO3/c1-4-21(18(22)13-8-14(19)10-15(20)9-13)11-12-5-6-16(23-2)17(7-12)24-3/h5-10H,4,11H2,1-3H3. The molecule has 6 heteroatoms. The van der Waals surface area contributed by atoms with Gasteiger partial charge in [-0.05, 0) is 42.8 Å². The lowest BCUT2D eigenvalue weighted by atomic mass is 10.1. The first-order chi connectivity index (χ1) is 11.5. The van der Waals surface area contributed by atoms with Crippen LogP contribution in [-0.2, 0) is 6.54 Å². The first kappa shape index (κ1) is 18.4. The van der Waals surface area contributed by atoms with E-state index in [9.17, 15) is 4.79 Å². The molecule has 0 radical (unpaired) electrons. The average molecular weight is 368 g/mol. The molecule has 0 saturated heterocycles. The highest BCUT2D eigenvalue weighted by molar-refractivity contribution is 6.35. The Hall–Kier alpha value is -1.91. The number of ether oxygens (including phenoxy) is 2. The van der Waals surface area contributed by atoms with E-state index in [1.165, 1.54) is 0 Å². The Morgan fingerprint density at radius 1 is 1.00 bits per heavy atom. The Kier molecular flexibility index (Phi) is 6.35. The lowest BCUT2D eigenvalue weighted by molar-refractivity contribution is 0.0752. The highest BCUT2D eigenvalue weighted by Gasteiger charge is 2.16. The molecule has 0 bridgehead atoms. The van der Waals surface area contributed by atoms with E-state index in [0.29, 0.717) is 40.2 Å². The van der Waals surface area contributed by atoms with Crippen molar-refractivity contribution < 1.29 is 14.3 Å². The maximum Gasteiger partial charge on any atom is 0.254 e. The molecule has 0 spiro atoms. The van der Waals surface area contributed by atoms with Gasteiger partial charge < -0.3 is 14.4 Å². The molecule has 2 rings (SSSR count). The van der Waals surface area contributed by atoms with Crippen molar-refractivity contribution in [3.8, 4) is 11.5 Å². The van der Waals surface area contributed by atoms with Gasteiger partial charge >= 0.3 is 0 Å². The Labute approximate surface area is 151 Å². The predicted molar refractivity (Wildman–Crippen MR) is 96.4 cm³/mol. The van der Waals surface area contributed by atoms with Crippen molar-refractivity contribution >= 4 is 29.1 Å². The molecule has 128 valence electrons. The molecule has 0 saturated carbocycles. The van der Waals surface area contributed by atoms with Gasteiger partial charge in [0.2, 0.25) is 0 Å². The third-order valence-corrected chi connectivity index (χ3v) is 4.04. The normalized spacial score (nSPS) is 10.4. The largest absolute Gasteiger partial charge is 0.493 e. The lowest BCUT2D eigenvalue weighted by Crippen LogP contribution is -2.30. The topological polar surface area (TPSA) is 38.8 Å². The van der Waals surface area contributed by atoms with Crippen molar-refractivity contribution in [3.63, 3.8) is 0 Å². The van der Waals surface area contributed by atoms with E-state index in [1.54, 1.807) is 37.3 Å². The summed E-state index contributed by atoms with van der Waals surface area (Å²) < 4.78 is 10.5. The summed E-state index contributed by atoms with van der Waals surface area (Å²) in [4.78, 5) is 14.4. The van der Waals surface area contributed by atoms with Crippen LogP contribution < -0.4 is 9.47 Å². The van der Waals surface area contributed by atoms with Gasteiger partial charge in [0.05, 0.1) is 14.2 Å². The van der Waals surface area contributed by atoms with Gasteiger partial charge in [0.1, 0.15) is 0 Å². The van der Waals surface area contributed by atoms with Crippen molar-refractivity contribution in [1.29, 1.82) is 0 Å². The summed E-state index contributed by atoms with van der Waals surface area (Å²) in [6.07, 6.45) is 0. The number of hydrogen-bond donors (Lipinski definition) is 0. The quantitative estimate of drug-likeness (QED) is 0.744. The van der Waals surface area contributed by atoms with Gasteiger partial charge in [-0.25, -0.2) is 0 Å². The third-order valence-electron chi connectivity index (χ3n) is 3.60. The van der Waals surface area contributed by atoms with Crippen molar-refractivity contribution in [2.24, 2.45) is 0 Å². The molecular formula is C18H19Cl2NO3.